The molecule has 102 valence electrons. The first-order valence-electron chi connectivity index (χ1n) is 6.04. The van der Waals surface area contributed by atoms with Crippen LogP contribution in [0.15, 0.2) is 27.5 Å². The fourth-order valence-electron chi connectivity index (χ4n) is 1.49. The van der Waals surface area contributed by atoms with Gasteiger partial charge in [-0.15, -0.1) is 0 Å². The molecule has 0 saturated heterocycles. The molecule has 0 amide bonds. The maximum absolute atomic E-state index is 10.7. The molecule has 2 rings (SSSR count). The van der Waals surface area contributed by atoms with E-state index >= 15 is 0 Å². The molecule has 0 radical (unpaired) electrons. The third-order valence-electron chi connectivity index (χ3n) is 3.03. The van der Waals surface area contributed by atoms with Crippen molar-refractivity contribution in [1.29, 1.82) is 0 Å². The zero-order valence-electron chi connectivity index (χ0n) is 11.0. The summed E-state index contributed by atoms with van der Waals surface area (Å²) in [7, 11) is 0. The van der Waals surface area contributed by atoms with Crippen molar-refractivity contribution in [1.82, 2.24) is 0 Å². The number of hydrogen-bond acceptors (Lipinski definition) is 5. The minimum absolute atomic E-state index is 0.110. The normalized spacial score (nSPS) is 16.1. The number of benzene rings is 1. The Bertz CT molecular complexity index is 534. The molecular formula is C12H16AsN3O2S. The first-order valence-corrected chi connectivity index (χ1v) is 9.07. The summed E-state index contributed by atoms with van der Waals surface area (Å²) in [4.78, 5) is 11.2. The van der Waals surface area contributed by atoms with Crippen molar-refractivity contribution < 1.29 is 4.92 Å². The van der Waals surface area contributed by atoms with Gasteiger partial charge in [0.05, 0.1) is 0 Å². The van der Waals surface area contributed by atoms with Gasteiger partial charge in [-0.05, 0) is 0 Å². The van der Waals surface area contributed by atoms with Crippen molar-refractivity contribution in [2.75, 3.05) is 5.32 Å². The molecule has 0 spiro atoms. The second-order valence-electron chi connectivity index (χ2n) is 4.77. The van der Waals surface area contributed by atoms with Crippen molar-refractivity contribution in [3.8, 4) is 0 Å². The number of nitrogens with zero attached hydrogens (tertiary/aromatic N) is 2. The third-order valence-corrected chi connectivity index (χ3v) is 7.60. The molecule has 0 fully saturated rings. The number of anilines is 1. The topological polar surface area (TPSA) is 67.5 Å². The molecule has 1 aliphatic heterocycles. The summed E-state index contributed by atoms with van der Waals surface area (Å²) in [5.41, 5.74) is 1.04. The zero-order chi connectivity index (χ0) is 14.0. The van der Waals surface area contributed by atoms with Crippen LogP contribution in [0.3, 0.4) is 0 Å². The molecule has 0 saturated carbocycles. The van der Waals surface area contributed by atoms with E-state index in [0.29, 0.717) is 10.6 Å². The summed E-state index contributed by atoms with van der Waals surface area (Å²) in [5.74, 6) is 0.660. The van der Waals surface area contributed by atoms with Crippen LogP contribution in [-0.2, 0) is 0 Å². The predicted octanol–water partition coefficient (Wildman–Crippen LogP) is 3.28. The van der Waals surface area contributed by atoms with Gasteiger partial charge in [-0.3, -0.25) is 0 Å². The molecule has 1 heterocycles. The van der Waals surface area contributed by atoms with Gasteiger partial charge in [0, 0.05) is 0 Å². The summed E-state index contributed by atoms with van der Waals surface area (Å²) in [6.45, 7) is 6.70. The summed E-state index contributed by atoms with van der Waals surface area (Å²) in [6, 6.07) is 4.86. The number of nitro groups is 1. The molecule has 0 aliphatic carbocycles. The first kappa shape index (κ1) is 14.4. The van der Waals surface area contributed by atoms with Gasteiger partial charge in [0.25, 0.3) is 0 Å². The average Bonchev–Trinajstić information content (AvgIpc) is 2.37. The number of nitrogens with one attached hydrogen (secondary N) is 1. The van der Waals surface area contributed by atoms with Crippen molar-refractivity contribution in [2.45, 2.75) is 30.4 Å². The fourth-order valence-corrected chi connectivity index (χ4v) is 4.83. The van der Waals surface area contributed by atoms with Crippen LogP contribution in [-0.4, -0.2) is 25.3 Å². The Balaban J connectivity index is 2.11. The molecule has 0 bridgehead atoms. The van der Waals surface area contributed by atoms with Crippen LogP contribution in [0.25, 0.3) is 0 Å². The molecule has 19 heavy (non-hydrogen) atoms. The summed E-state index contributed by atoms with van der Waals surface area (Å²) >= 11 is 1.03. The first-order chi connectivity index (χ1) is 8.97. The predicted molar refractivity (Wildman–Crippen MR) is 81.4 cm³/mol. The monoisotopic (exact) mass is 341 g/mol. The van der Waals surface area contributed by atoms with Gasteiger partial charge < -0.3 is 0 Å². The Kier molecular flexibility index (Phi) is 4.53. The van der Waals surface area contributed by atoms with Gasteiger partial charge in [0.15, 0.2) is 0 Å². The summed E-state index contributed by atoms with van der Waals surface area (Å²) in [5, 5.41) is 14.0. The number of nitro benzene ring substituents is 1. The second kappa shape index (κ2) is 5.97. The van der Waals surface area contributed by atoms with E-state index in [1.165, 1.54) is 18.0 Å². The number of rotatable bonds is 4. The van der Waals surface area contributed by atoms with Gasteiger partial charge in [-0.2, -0.15) is 0 Å². The van der Waals surface area contributed by atoms with Gasteiger partial charge in [0.2, 0.25) is 0 Å². The van der Waals surface area contributed by atoms with Gasteiger partial charge in [-0.25, -0.2) is 0 Å². The SMILES string of the molecule is CC(C)C(C)[AsH]C1=NSc2cc([N+](=O)[O-])ccc2N1. The van der Waals surface area contributed by atoms with Crippen molar-refractivity contribution in [3.05, 3.63) is 28.3 Å². The standard InChI is InChI=1S/C12H16AsN3O2S/c1-7(2)8(3)13-12-14-10-5-4-9(16(17)18)6-11(10)19-15-12/h4-8,13H,1-3H3,(H,14,15). The van der Waals surface area contributed by atoms with Crippen LogP contribution in [0.4, 0.5) is 11.4 Å². The molecular weight excluding hydrogens is 325 g/mol. The van der Waals surface area contributed by atoms with Gasteiger partial charge in [0.1, 0.15) is 0 Å². The molecule has 0 aromatic heterocycles. The Hall–Kier alpha value is -1.00. The molecule has 1 aromatic rings. The van der Waals surface area contributed by atoms with E-state index in [9.17, 15) is 10.1 Å². The van der Waals surface area contributed by atoms with Crippen LogP contribution >= 0.6 is 11.9 Å². The molecule has 2 unspecified atom stereocenters. The van der Waals surface area contributed by atoms with Crippen LogP contribution in [0.2, 0.25) is 4.71 Å². The Morgan fingerprint density at radius 1 is 1.42 bits per heavy atom. The Labute approximate surface area is 123 Å². The van der Waals surface area contributed by atoms with E-state index in [1.54, 1.807) is 12.1 Å². The molecule has 2 atom stereocenters. The summed E-state index contributed by atoms with van der Waals surface area (Å²) < 4.78 is 6.18. The quantitative estimate of drug-likeness (QED) is 0.395. The van der Waals surface area contributed by atoms with E-state index in [4.69, 9.17) is 0 Å². The molecule has 5 nitrogen and oxygen atoms in total. The molecule has 7 heteroatoms. The Morgan fingerprint density at radius 3 is 2.79 bits per heavy atom. The van der Waals surface area contributed by atoms with E-state index in [1.807, 2.05) is 0 Å². The number of amidine groups is 1. The van der Waals surface area contributed by atoms with E-state index < -0.39 is 0 Å². The molecule has 1 aliphatic rings. The van der Waals surface area contributed by atoms with Crippen molar-refractivity contribution in [3.63, 3.8) is 0 Å². The number of fused-ring (bicyclic) bond motifs is 1. The summed E-state index contributed by atoms with van der Waals surface area (Å²) in [6.07, 6.45) is 0. The van der Waals surface area contributed by atoms with Crippen LogP contribution < -0.4 is 5.32 Å². The maximum atomic E-state index is 10.7. The molecule has 1 aromatic carbocycles. The Morgan fingerprint density at radius 2 is 2.16 bits per heavy atom. The van der Waals surface area contributed by atoms with E-state index in [0.717, 1.165) is 15.2 Å². The van der Waals surface area contributed by atoms with Crippen LogP contribution in [0.1, 0.15) is 20.8 Å². The van der Waals surface area contributed by atoms with E-state index in [-0.39, 0.29) is 26.4 Å². The van der Waals surface area contributed by atoms with Crippen LogP contribution in [0, 0.1) is 16.0 Å². The van der Waals surface area contributed by atoms with Gasteiger partial charge in [-0.1, -0.05) is 0 Å². The average molecular weight is 341 g/mol. The van der Waals surface area contributed by atoms with E-state index in [2.05, 4.69) is 30.5 Å². The molecule has 1 N–H and O–H groups in total. The van der Waals surface area contributed by atoms with Crippen LogP contribution in [0.5, 0.6) is 0 Å². The number of non-ortho nitro benzene ring substituents is 1. The van der Waals surface area contributed by atoms with Crippen molar-refractivity contribution in [2.24, 2.45) is 10.3 Å². The van der Waals surface area contributed by atoms with Crippen molar-refractivity contribution >= 4 is 43.7 Å². The zero-order valence-corrected chi connectivity index (χ0v) is 13.9. The third kappa shape index (κ3) is 3.51. The fraction of sp³-hybridized carbons (Fsp3) is 0.417. The number of hydrogen-bond donors (Lipinski definition) is 1. The second-order valence-corrected chi connectivity index (χ2v) is 9.09. The van der Waals surface area contributed by atoms with Gasteiger partial charge >= 0.3 is 123 Å². The minimum atomic E-state index is -0.380.